The second-order valence-electron chi connectivity index (χ2n) is 7.55. The second-order valence-corrected chi connectivity index (χ2v) is 7.55. The molecule has 0 spiro atoms. The molecule has 0 unspecified atom stereocenters. The Balaban J connectivity index is 1.66. The van der Waals surface area contributed by atoms with Crippen molar-refractivity contribution in [1.82, 2.24) is 14.8 Å². The zero-order valence-corrected chi connectivity index (χ0v) is 17.2. The first-order chi connectivity index (χ1) is 15.1. The number of carbonyl (C=O) groups is 1. The number of aromatic nitrogens is 3. The number of Topliss-reactive ketones (excluding diaryl/α,β-unsaturated/α-hetero) is 1. The maximum atomic E-state index is 13.6. The molecule has 2 heterocycles. The number of ketones is 1. The molecule has 0 radical (unpaired) electrons. The fraction of sp³-hybridized carbons (Fsp3) is 0.261. The number of anilines is 1. The number of nitrogens with zero attached hydrogens (tertiary/aromatic N) is 3. The molecule has 2 aromatic carbocycles. The molecule has 1 aromatic heterocycles. The normalized spacial score (nSPS) is 17.6. The molecule has 3 aromatic rings. The van der Waals surface area contributed by atoms with E-state index in [-0.39, 0.29) is 11.6 Å². The number of carbonyl (C=O) groups excluding carboxylic acids is 1. The van der Waals surface area contributed by atoms with Gasteiger partial charge in [-0.15, -0.1) is 5.10 Å². The summed E-state index contributed by atoms with van der Waals surface area (Å²) in [6.07, 6.45) is 2.03. The van der Waals surface area contributed by atoms with E-state index in [1.54, 1.807) is 37.1 Å². The van der Waals surface area contributed by atoms with E-state index in [1.165, 1.54) is 12.1 Å². The molecule has 8 heteroatoms. The van der Waals surface area contributed by atoms with Gasteiger partial charge in [-0.1, -0.05) is 12.1 Å². The highest BCUT2D eigenvalue weighted by Crippen LogP contribution is 2.41. The van der Waals surface area contributed by atoms with Crippen molar-refractivity contribution < 1.29 is 18.7 Å². The number of allylic oxidation sites excluding steroid dienone is 2. The lowest BCUT2D eigenvalue weighted by Crippen LogP contribution is -2.31. The van der Waals surface area contributed by atoms with Crippen LogP contribution in [0.25, 0.3) is 11.4 Å². The van der Waals surface area contributed by atoms with Crippen LogP contribution < -0.4 is 14.8 Å². The summed E-state index contributed by atoms with van der Waals surface area (Å²) in [5.41, 5.74) is 3.04. The molecular formula is C23H21FN4O3. The maximum Gasteiger partial charge on any atom is 0.226 e. The average molecular weight is 420 g/mol. The SMILES string of the molecule is COc1cc(OC)cc(-c2nc3n(n2)[C@@H](c2ccc(F)cc2)C2=C(CCCC2=O)N3)c1. The molecule has 0 bridgehead atoms. The number of hydrogen-bond donors (Lipinski definition) is 1. The third-order valence-corrected chi connectivity index (χ3v) is 5.66. The molecule has 0 amide bonds. The van der Waals surface area contributed by atoms with Crippen molar-refractivity contribution in [3.05, 3.63) is 65.1 Å². The fourth-order valence-electron chi connectivity index (χ4n) is 4.17. The van der Waals surface area contributed by atoms with Crippen LogP contribution in [0.2, 0.25) is 0 Å². The average Bonchev–Trinajstić information content (AvgIpc) is 3.22. The van der Waals surface area contributed by atoms with Gasteiger partial charge in [-0.3, -0.25) is 4.79 Å². The molecule has 0 saturated carbocycles. The number of halogens is 1. The van der Waals surface area contributed by atoms with Crippen LogP contribution in [0.5, 0.6) is 11.5 Å². The summed E-state index contributed by atoms with van der Waals surface area (Å²) >= 11 is 0. The third-order valence-electron chi connectivity index (χ3n) is 5.66. The lowest BCUT2D eigenvalue weighted by Gasteiger charge is -2.32. The summed E-state index contributed by atoms with van der Waals surface area (Å²) in [6.45, 7) is 0. The molecule has 5 rings (SSSR count). The molecule has 31 heavy (non-hydrogen) atoms. The van der Waals surface area contributed by atoms with Gasteiger partial charge in [0.25, 0.3) is 0 Å². The van der Waals surface area contributed by atoms with E-state index < -0.39 is 6.04 Å². The molecule has 1 atom stereocenters. The van der Waals surface area contributed by atoms with E-state index in [9.17, 15) is 9.18 Å². The standard InChI is InChI=1S/C23H21FN4O3/c1-30-16-10-14(11-17(12-16)31-2)22-26-23-25-18-4-3-5-19(29)20(18)21(28(23)27-22)13-6-8-15(24)9-7-13/h6-12,21H,3-5H2,1-2H3,(H,25,26,27)/t21-/m0/s1. The van der Waals surface area contributed by atoms with E-state index in [1.807, 2.05) is 12.1 Å². The summed E-state index contributed by atoms with van der Waals surface area (Å²) in [4.78, 5) is 17.6. The van der Waals surface area contributed by atoms with Gasteiger partial charge in [0.15, 0.2) is 11.6 Å². The number of ether oxygens (including phenoxy) is 2. The van der Waals surface area contributed by atoms with Gasteiger partial charge in [-0.25, -0.2) is 9.07 Å². The number of hydrogen-bond acceptors (Lipinski definition) is 6. The number of nitrogens with one attached hydrogen (secondary N) is 1. The lowest BCUT2D eigenvalue weighted by atomic mass is 9.85. The Labute approximate surface area is 178 Å². The highest BCUT2D eigenvalue weighted by molar-refractivity contribution is 5.99. The Bertz CT molecular complexity index is 1180. The van der Waals surface area contributed by atoms with Crippen molar-refractivity contribution in [2.24, 2.45) is 0 Å². The largest absolute Gasteiger partial charge is 0.497 e. The summed E-state index contributed by atoms with van der Waals surface area (Å²) in [5.74, 6) is 2.01. The molecule has 2 aliphatic rings. The number of rotatable bonds is 4. The summed E-state index contributed by atoms with van der Waals surface area (Å²) in [6, 6.07) is 11.1. The Morgan fingerprint density at radius 2 is 1.77 bits per heavy atom. The quantitative estimate of drug-likeness (QED) is 0.684. The Morgan fingerprint density at radius 1 is 1.06 bits per heavy atom. The minimum absolute atomic E-state index is 0.0776. The van der Waals surface area contributed by atoms with Crippen LogP contribution in [0, 0.1) is 5.82 Å². The first kappa shape index (κ1) is 19.3. The van der Waals surface area contributed by atoms with Gasteiger partial charge < -0.3 is 14.8 Å². The predicted molar refractivity (Wildman–Crippen MR) is 113 cm³/mol. The van der Waals surface area contributed by atoms with Crippen LogP contribution in [0.1, 0.15) is 30.9 Å². The zero-order valence-electron chi connectivity index (χ0n) is 17.2. The van der Waals surface area contributed by atoms with E-state index in [0.29, 0.717) is 35.3 Å². The summed E-state index contributed by atoms with van der Waals surface area (Å²) in [5, 5.41) is 8.03. The van der Waals surface area contributed by atoms with Crippen LogP contribution in [0.3, 0.4) is 0 Å². The molecule has 0 saturated heterocycles. The van der Waals surface area contributed by atoms with Crippen molar-refractivity contribution in [3.63, 3.8) is 0 Å². The monoisotopic (exact) mass is 420 g/mol. The summed E-state index contributed by atoms with van der Waals surface area (Å²) < 4.78 is 26.0. The highest BCUT2D eigenvalue weighted by atomic mass is 19.1. The first-order valence-corrected chi connectivity index (χ1v) is 10.1. The topological polar surface area (TPSA) is 78.3 Å². The predicted octanol–water partition coefficient (Wildman–Crippen LogP) is 4.12. The molecule has 1 aliphatic heterocycles. The van der Waals surface area contributed by atoms with Gasteiger partial charge in [0.2, 0.25) is 5.95 Å². The van der Waals surface area contributed by atoms with Crippen molar-refractivity contribution in [2.45, 2.75) is 25.3 Å². The number of benzene rings is 2. The van der Waals surface area contributed by atoms with Crippen LogP contribution >= 0.6 is 0 Å². The lowest BCUT2D eigenvalue weighted by molar-refractivity contribution is -0.116. The van der Waals surface area contributed by atoms with Crippen LogP contribution in [-0.4, -0.2) is 34.8 Å². The van der Waals surface area contributed by atoms with Crippen molar-refractivity contribution in [2.75, 3.05) is 19.5 Å². The zero-order chi connectivity index (χ0) is 21.5. The minimum Gasteiger partial charge on any atom is -0.497 e. The highest BCUT2D eigenvalue weighted by Gasteiger charge is 2.37. The molecule has 1 N–H and O–H groups in total. The number of fused-ring (bicyclic) bond motifs is 1. The Hall–Kier alpha value is -3.68. The first-order valence-electron chi connectivity index (χ1n) is 10.1. The van der Waals surface area contributed by atoms with Gasteiger partial charge >= 0.3 is 0 Å². The number of methoxy groups -OCH3 is 2. The van der Waals surface area contributed by atoms with Gasteiger partial charge in [0.1, 0.15) is 23.4 Å². The van der Waals surface area contributed by atoms with Crippen LogP contribution in [0.4, 0.5) is 10.3 Å². The maximum absolute atomic E-state index is 13.6. The third kappa shape index (κ3) is 3.34. The van der Waals surface area contributed by atoms with E-state index >= 15 is 0 Å². The van der Waals surface area contributed by atoms with Gasteiger partial charge in [0.05, 0.1) is 14.2 Å². The molecule has 7 nitrogen and oxygen atoms in total. The molecule has 1 aliphatic carbocycles. The van der Waals surface area contributed by atoms with Crippen molar-refractivity contribution in [1.29, 1.82) is 0 Å². The Morgan fingerprint density at radius 3 is 2.45 bits per heavy atom. The van der Waals surface area contributed by atoms with Crippen LogP contribution in [0.15, 0.2) is 53.7 Å². The Kier molecular flexibility index (Phi) is 4.69. The minimum atomic E-state index is -0.464. The van der Waals surface area contributed by atoms with E-state index in [2.05, 4.69) is 5.32 Å². The smallest absolute Gasteiger partial charge is 0.226 e. The van der Waals surface area contributed by atoms with Crippen molar-refractivity contribution >= 4 is 11.7 Å². The van der Waals surface area contributed by atoms with Crippen molar-refractivity contribution in [3.8, 4) is 22.9 Å². The van der Waals surface area contributed by atoms with E-state index in [4.69, 9.17) is 19.6 Å². The van der Waals surface area contributed by atoms with Gasteiger partial charge in [0, 0.05) is 29.3 Å². The van der Waals surface area contributed by atoms with E-state index in [0.717, 1.165) is 29.7 Å². The second kappa shape index (κ2) is 7.54. The fourth-order valence-corrected chi connectivity index (χ4v) is 4.17. The van der Waals surface area contributed by atoms with Gasteiger partial charge in [-0.05, 0) is 42.7 Å². The molecular weight excluding hydrogens is 399 g/mol. The van der Waals surface area contributed by atoms with Gasteiger partial charge in [-0.2, -0.15) is 4.98 Å². The molecule has 0 fully saturated rings. The summed E-state index contributed by atoms with van der Waals surface area (Å²) in [7, 11) is 3.17. The molecule has 158 valence electrons. The van der Waals surface area contributed by atoms with Crippen LogP contribution in [-0.2, 0) is 4.79 Å².